The normalized spacial score (nSPS) is 10.4. The molecule has 0 aromatic heterocycles. The molecular weight excluding hydrogens is 234 g/mol. The summed E-state index contributed by atoms with van der Waals surface area (Å²) in [5.41, 5.74) is 2.22. The third kappa shape index (κ3) is 2.16. The molecule has 0 N–H and O–H groups in total. The van der Waals surface area contributed by atoms with Gasteiger partial charge in [0.2, 0.25) is 0 Å². The minimum atomic E-state index is -0.486. The number of carbonyl (C=O) groups excluding carboxylic acids is 1. The average Bonchev–Trinajstić information content (AvgIpc) is 2.35. The fourth-order valence-corrected chi connectivity index (χ4v) is 1.86. The number of hydrogen-bond acceptors (Lipinski definition) is 1. The summed E-state index contributed by atoms with van der Waals surface area (Å²) in [6, 6.07) is 7.26. The molecule has 2 aromatic carbocycles. The molecule has 0 spiro atoms. The molecule has 0 aliphatic rings. The van der Waals surface area contributed by atoms with Gasteiger partial charge >= 0.3 is 0 Å². The van der Waals surface area contributed by atoms with Crippen molar-refractivity contribution in [2.75, 3.05) is 0 Å². The Labute approximate surface area is 104 Å². The van der Waals surface area contributed by atoms with Crippen LogP contribution in [0.15, 0.2) is 30.3 Å². The monoisotopic (exact) mass is 246 g/mol. The Morgan fingerprint density at radius 1 is 0.889 bits per heavy atom. The van der Waals surface area contributed by atoms with Gasteiger partial charge in [-0.15, -0.1) is 0 Å². The van der Waals surface area contributed by atoms with Gasteiger partial charge in [0.15, 0.2) is 0 Å². The average molecular weight is 246 g/mol. The Morgan fingerprint density at radius 3 is 2.28 bits per heavy atom. The molecule has 2 rings (SSSR count). The van der Waals surface area contributed by atoms with Gasteiger partial charge in [-0.3, -0.25) is 4.79 Å². The molecule has 0 saturated carbocycles. The maximum atomic E-state index is 13.9. The van der Waals surface area contributed by atoms with Crippen molar-refractivity contribution in [3.63, 3.8) is 0 Å². The van der Waals surface area contributed by atoms with Crippen LogP contribution in [0, 0.1) is 25.5 Å². The zero-order valence-electron chi connectivity index (χ0n) is 10.1. The molecule has 18 heavy (non-hydrogen) atoms. The van der Waals surface area contributed by atoms with Crippen LogP contribution in [-0.4, -0.2) is 6.29 Å². The highest BCUT2D eigenvalue weighted by molar-refractivity contribution is 5.80. The smallest absolute Gasteiger partial charge is 0.150 e. The summed E-state index contributed by atoms with van der Waals surface area (Å²) in [5.74, 6) is -0.942. The minimum absolute atomic E-state index is 0.180. The van der Waals surface area contributed by atoms with E-state index in [1.807, 2.05) is 0 Å². The van der Waals surface area contributed by atoms with Gasteiger partial charge in [-0.2, -0.15) is 0 Å². The third-order valence-electron chi connectivity index (χ3n) is 2.94. The van der Waals surface area contributed by atoms with E-state index in [9.17, 15) is 13.6 Å². The summed E-state index contributed by atoms with van der Waals surface area (Å²) in [6.45, 7) is 3.30. The number of halogens is 2. The van der Waals surface area contributed by atoms with Gasteiger partial charge in [-0.25, -0.2) is 8.78 Å². The maximum Gasteiger partial charge on any atom is 0.150 e. The van der Waals surface area contributed by atoms with Gasteiger partial charge in [-0.05, 0) is 48.7 Å². The first kappa shape index (κ1) is 12.4. The predicted octanol–water partition coefficient (Wildman–Crippen LogP) is 4.06. The summed E-state index contributed by atoms with van der Waals surface area (Å²) in [6.07, 6.45) is 0.686. The fourth-order valence-electron chi connectivity index (χ4n) is 1.86. The Bertz CT molecular complexity index is 618. The van der Waals surface area contributed by atoms with Crippen molar-refractivity contribution < 1.29 is 13.6 Å². The molecule has 2 aromatic rings. The SMILES string of the molecule is Cc1cc(F)c(-c2cc(C=O)ccc2C)cc1F. The molecule has 0 heterocycles. The molecule has 0 aliphatic carbocycles. The highest BCUT2D eigenvalue weighted by Gasteiger charge is 2.11. The van der Waals surface area contributed by atoms with Crippen LogP contribution in [-0.2, 0) is 0 Å². The maximum absolute atomic E-state index is 13.9. The van der Waals surface area contributed by atoms with Gasteiger partial charge in [0.1, 0.15) is 17.9 Å². The molecule has 92 valence electrons. The zero-order valence-corrected chi connectivity index (χ0v) is 10.1. The van der Waals surface area contributed by atoms with E-state index in [1.54, 1.807) is 25.1 Å². The standard InChI is InChI=1S/C15H12F2O/c1-9-3-4-11(8-18)6-12(9)13-7-14(16)10(2)5-15(13)17/h3-8H,1-2H3. The molecule has 1 nitrogen and oxygen atoms in total. The quantitative estimate of drug-likeness (QED) is 0.730. The van der Waals surface area contributed by atoms with Crippen molar-refractivity contribution in [1.82, 2.24) is 0 Å². The topological polar surface area (TPSA) is 17.1 Å². The lowest BCUT2D eigenvalue weighted by atomic mass is 9.97. The number of carbonyl (C=O) groups is 1. The predicted molar refractivity (Wildman–Crippen MR) is 66.7 cm³/mol. The zero-order chi connectivity index (χ0) is 13.3. The molecule has 0 saturated heterocycles. The summed E-state index contributed by atoms with van der Waals surface area (Å²) in [7, 11) is 0. The first-order chi connectivity index (χ1) is 8.52. The van der Waals surface area contributed by atoms with E-state index in [2.05, 4.69) is 0 Å². The fraction of sp³-hybridized carbons (Fsp3) is 0.133. The molecule has 0 unspecified atom stereocenters. The third-order valence-corrected chi connectivity index (χ3v) is 2.94. The van der Waals surface area contributed by atoms with Crippen LogP contribution in [0.2, 0.25) is 0 Å². The number of aryl methyl sites for hydroxylation is 2. The largest absolute Gasteiger partial charge is 0.298 e. The lowest BCUT2D eigenvalue weighted by molar-refractivity contribution is 0.112. The summed E-state index contributed by atoms with van der Waals surface area (Å²) in [4.78, 5) is 10.7. The summed E-state index contributed by atoms with van der Waals surface area (Å²) in [5, 5.41) is 0. The number of rotatable bonds is 2. The second-order valence-corrected chi connectivity index (χ2v) is 4.27. The molecule has 0 atom stereocenters. The van der Waals surface area contributed by atoms with Gasteiger partial charge in [0.25, 0.3) is 0 Å². The lowest BCUT2D eigenvalue weighted by Crippen LogP contribution is -1.93. The van der Waals surface area contributed by atoms with E-state index in [4.69, 9.17) is 0 Å². The van der Waals surface area contributed by atoms with Crippen LogP contribution >= 0.6 is 0 Å². The second-order valence-electron chi connectivity index (χ2n) is 4.27. The molecule has 0 bridgehead atoms. The van der Waals surface area contributed by atoms with Crippen LogP contribution in [0.4, 0.5) is 8.78 Å². The summed E-state index contributed by atoms with van der Waals surface area (Å²) < 4.78 is 27.4. The molecule has 0 fully saturated rings. The van der Waals surface area contributed by atoms with Crippen LogP contribution < -0.4 is 0 Å². The van der Waals surface area contributed by atoms with Crippen molar-refractivity contribution in [1.29, 1.82) is 0 Å². The van der Waals surface area contributed by atoms with Gasteiger partial charge in [0, 0.05) is 11.1 Å². The van der Waals surface area contributed by atoms with Crippen molar-refractivity contribution in [2.24, 2.45) is 0 Å². The Morgan fingerprint density at radius 2 is 1.61 bits per heavy atom. The van der Waals surface area contributed by atoms with Crippen molar-refractivity contribution >= 4 is 6.29 Å². The van der Waals surface area contributed by atoms with Gasteiger partial charge in [-0.1, -0.05) is 12.1 Å². The molecule has 0 aliphatic heterocycles. The van der Waals surface area contributed by atoms with Crippen molar-refractivity contribution in [2.45, 2.75) is 13.8 Å². The van der Waals surface area contributed by atoms with Crippen LogP contribution in [0.5, 0.6) is 0 Å². The minimum Gasteiger partial charge on any atom is -0.298 e. The van der Waals surface area contributed by atoms with Gasteiger partial charge < -0.3 is 0 Å². The van der Waals surface area contributed by atoms with Crippen LogP contribution in [0.25, 0.3) is 11.1 Å². The molecular formula is C15H12F2O. The molecule has 3 heteroatoms. The first-order valence-electron chi connectivity index (χ1n) is 5.55. The van der Waals surface area contributed by atoms with E-state index in [0.29, 0.717) is 17.4 Å². The Hall–Kier alpha value is -2.03. The second kappa shape index (κ2) is 4.69. The highest BCUT2D eigenvalue weighted by Crippen LogP contribution is 2.28. The van der Waals surface area contributed by atoms with E-state index in [1.165, 1.54) is 13.0 Å². The van der Waals surface area contributed by atoms with E-state index in [-0.39, 0.29) is 11.1 Å². The van der Waals surface area contributed by atoms with E-state index < -0.39 is 11.6 Å². The number of hydrogen-bond donors (Lipinski definition) is 0. The van der Waals surface area contributed by atoms with Gasteiger partial charge in [0.05, 0.1) is 0 Å². The number of benzene rings is 2. The highest BCUT2D eigenvalue weighted by atomic mass is 19.1. The lowest BCUT2D eigenvalue weighted by Gasteiger charge is -2.09. The van der Waals surface area contributed by atoms with Crippen LogP contribution in [0.1, 0.15) is 21.5 Å². The van der Waals surface area contributed by atoms with E-state index >= 15 is 0 Å². The summed E-state index contributed by atoms with van der Waals surface area (Å²) >= 11 is 0. The Balaban J connectivity index is 2.68. The molecule has 0 radical (unpaired) electrons. The van der Waals surface area contributed by atoms with Crippen molar-refractivity contribution in [3.05, 3.63) is 58.7 Å². The van der Waals surface area contributed by atoms with Crippen LogP contribution in [0.3, 0.4) is 0 Å². The molecule has 0 amide bonds. The van der Waals surface area contributed by atoms with E-state index in [0.717, 1.165) is 11.6 Å². The number of aldehydes is 1. The Kier molecular flexibility index (Phi) is 3.24. The van der Waals surface area contributed by atoms with Crippen molar-refractivity contribution in [3.8, 4) is 11.1 Å². The first-order valence-corrected chi connectivity index (χ1v) is 5.55.